The number of ether oxygens (including phenoxy) is 2. The lowest BCUT2D eigenvalue weighted by Crippen LogP contribution is -2.06. The third-order valence-corrected chi connectivity index (χ3v) is 4.99. The van der Waals surface area contributed by atoms with E-state index in [1.807, 2.05) is 31.2 Å². The van der Waals surface area contributed by atoms with Crippen molar-refractivity contribution in [3.8, 4) is 5.75 Å². The highest BCUT2D eigenvalue weighted by Gasteiger charge is 2.14. The number of carbonyl (C=O) groups is 3. The molecule has 29 heavy (non-hydrogen) atoms. The molecular formula is C24H22O5. The van der Waals surface area contributed by atoms with Gasteiger partial charge in [-0.2, -0.15) is 0 Å². The quantitative estimate of drug-likeness (QED) is 0.429. The fraction of sp³-hybridized carbons (Fsp3) is 0.208. The Labute approximate surface area is 169 Å². The Balaban J connectivity index is 1.71. The van der Waals surface area contributed by atoms with E-state index >= 15 is 0 Å². The van der Waals surface area contributed by atoms with Crippen LogP contribution in [0.4, 0.5) is 0 Å². The second kappa shape index (κ2) is 8.69. The van der Waals surface area contributed by atoms with Crippen LogP contribution in [-0.4, -0.2) is 31.8 Å². The lowest BCUT2D eigenvalue weighted by Gasteiger charge is -2.09. The molecule has 0 bridgehead atoms. The van der Waals surface area contributed by atoms with Gasteiger partial charge in [0.15, 0.2) is 11.6 Å². The van der Waals surface area contributed by atoms with Crippen molar-refractivity contribution in [2.75, 3.05) is 14.2 Å². The first-order chi connectivity index (χ1) is 13.9. The average molecular weight is 390 g/mol. The summed E-state index contributed by atoms with van der Waals surface area (Å²) >= 11 is 0. The molecule has 0 atom stereocenters. The summed E-state index contributed by atoms with van der Waals surface area (Å²) in [7, 11) is 2.92. The van der Waals surface area contributed by atoms with Crippen molar-refractivity contribution in [1.29, 1.82) is 0 Å². The van der Waals surface area contributed by atoms with Crippen LogP contribution in [0.15, 0.2) is 54.6 Å². The smallest absolute Gasteiger partial charge is 0.337 e. The van der Waals surface area contributed by atoms with Crippen LogP contribution in [0.1, 0.15) is 49.5 Å². The number of esters is 1. The summed E-state index contributed by atoms with van der Waals surface area (Å²) in [6.45, 7) is 1.96. The number of hydrogen-bond acceptors (Lipinski definition) is 5. The van der Waals surface area contributed by atoms with E-state index in [-0.39, 0.29) is 24.4 Å². The van der Waals surface area contributed by atoms with Crippen molar-refractivity contribution in [3.05, 3.63) is 76.9 Å². The number of aryl methyl sites for hydroxylation is 1. The van der Waals surface area contributed by atoms with E-state index in [4.69, 9.17) is 4.74 Å². The third-order valence-electron chi connectivity index (χ3n) is 4.99. The van der Waals surface area contributed by atoms with Crippen LogP contribution < -0.4 is 4.74 Å². The summed E-state index contributed by atoms with van der Waals surface area (Å²) in [5.41, 5.74) is 2.38. The third kappa shape index (κ3) is 4.35. The molecular weight excluding hydrogens is 368 g/mol. The second-order valence-corrected chi connectivity index (χ2v) is 6.74. The minimum absolute atomic E-state index is 0.0892. The Hall–Kier alpha value is -3.47. The summed E-state index contributed by atoms with van der Waals surface area (Å²) in [6, 6.07) is 15.6. The molecule has 0 radical (unpaired) electrons. The van der Waals surface area contributed by atoms with E-state index in [1.165, 1.54) is 7.11 Å². The van der Waals surface area contributed by atoms with Gasteiger partial charge in [-0.3, -0.25) is 9.59 Å². The highest BCUT2D eigenvalue weighted by molar-refractivity contribution is 6.04. The number of fused-ring (bicyclic) bond motifs is 1. The molecule has 0 unspecified atom stereocenters. The maximum Gasteiger partial charge on any atom is 0.337 e. The van der Waals surface area contributed by atoms with Crippen LogP contribution in [0.25, 0.3) is 10.8 Å². The zero-order chi connectivity index (χ0) is 21.0. The first-order valence-corrected chi connectivity index (χ1v) is 9.26. The van der Waals surface area contributed by atoms with Gasteiger partial charge in [0.05, 0.1) is 19.8 Å². The van der Waals surface area contributed by atoms with Crippen LogP contribution in [0.5, 0.6) is 5.75 Å². The molecule has 0 saturated carbocycles. The predicted octanol–water partition coefficient (Wildman–Crippen LogP) is 4.79. The number of Topliss-reactive ketones (excluding diaryl/α,β-unsaturated/α-hetero) is 2. The first-order valence-electron chi connectivity index (χ1n) is 9.26. The van der Waals surface area contributed by atoms with Gasteiger partial charge in [0.2, 0.25) is 0 Å². The molecule has 0 spiro atoms. The number of rotatable bonds is 7. The minimum Gasteiger partial charge on any atom is -0.496 e. The van der Waals surface area contributed by atoms with Crippen molar-refractivity contribution < 1.29 is 23.9 Å². The summed E-state index contributed by atoms with van der Waals surface area (Å²) < 4.78 is 9.99. The SMILES string of the molecule is COC(=O)c1ccc(C(=O)CCC(=O)c2ccc3ccc(OC)c(C)c3c2)cc1. The average Bonchev–Trinajstić information content (AvgIpc) is 2.77. The molecule has 0 saturated heterocycles. The van der Waals surface area contributed by atoms with Crippen molar-refractivity contribution in [1.82, 2.24) is 0 Å². The number of ketones is 2. The second-order valence-electron chi connectivity index (χ2n) is 6.74. The molecule has 148 valence electrons. The first kappa shape index (κ1) is 20.3. The van der Waals surface area contributed by atoms with Crippen LogP contribution >= 0.6 is 0 Å². The molecule has 3 rings (SSSR count). The fourth-order valence-electron chi connectivity index (χ4n) is 3.27. The largest absolute Gasteiger partial charge is 0.496 e. The van der Waals surface area contributed by atoms with Gasteiger partial charge in [-0.25, -0.2) is 4.79 Å². The molecule has 3 aromatic rings. The molecule has 3 aromatic carbocycles. The van der Waals surface area contributed by atoms with Crippen LogP contribution in [0.3, 0.4) is 0 Å². The highest BCUT2D eigenvalue weighted by Crippen LogP contribution is 2.28. The molecule has 0 aromatic heterocycles. The van der Waals surface area contributed by atoms with E-state index in [0.29, 0.717) is 16.7 Å². The number of benzene rings is 3. The molecule has 0 aliphatic heterocycles. The van der Waals surface area contributed by atoms with Gasteiger partial charge in [-0.05, 0) is 47.5 Å². The lowest BCUT2D eigenvalue weighted by atomic mass is 9.97. The van der Waals surface area contributed by atoms with Gasteiger partial charge in [0.25, 0.3) is 0 Å². The van der Waals surface area contributed by atoms with Crippen LogP contribution in [0.2, 0.25) is 0 Å². The number of hydrogen-bond donors (Lipinski definition) is 0. The Morgan fingerprint density at radius 1 is 0.759 bits per heavy atom. The molecule has 0 N–H and O–H groups in total. The fourth-order valence-corrected chi connectivity index (χ4v) is 3.27. The van der Waals surface area contributed by atoms with Crippen LogP contribution in [-0.2, 0) is 4.74 Å². The summed E-state index contributed by atoms with van der Waals surface area (Å²) in [5.74, 6) is 0.0807. The van der Waals surface area contributed by atoms with Gasteiger partial charge in [0.1, 0.15) is 5.75 Å². The summed E-state index contributed by atoms with van der Waals surface area (Å²) in [5, 5.41) is 1.99. The Morgan fingerprint density at radius 3 is 1.93 bits per heavy atom. The summed E-state index contributed by atoms with van der Waals surface area (Å²) in [6.07, 6.45) is 0.220. The molecule has 0 amide bonds. The van der Waals surface area contributed by atoms with Crippen molar-refractivity contribution in [2.45, 2.75) is 19.8 Å². The predicted molar refractivity (Wildman–Crippen MR) is 111 cm³/mol. The Morgan fingerprint density at radius 2 is 1.31 bits per heavy atom. The molecule has 5 heteroatoms. The molecule has 0 fully saturated rings. The lowest BCUT2D eigenvalue weighted by molar-refractivity contribution is 0.0600. The highest BCUT2D eigenvalue weighted by atomic mass is 16.5. The van der Waals surface area contributed by atoms with Crippen molar-refractivity contribution in [2.24, 2.45) is 0 Å². The van der Waals surface area contributed by atoms with E-state index in [9.17, 15) is 14.4 Å². The van der Waals surface area contributed by atoms with E-state index in [0.717, 1.165) is 22.1 Å². The zero-order valence-corrected chi connectivity index (χ0v) is 16.7. The number of carbonyl (C=O) groups excluding carboxylic acids is 3. The minimum atomic E-state index is -0.456. The monoisotopic (exact) mass is 390 g/mol. The Bertz CT molecular complexity index is 1080. The zero-order valence-electron chi connectivity index (χ0n) is 16.7. The van der Waals surface area contributed by atoms with Gasteiger partial charge in [-0.15, -0.1) is 0 Å². The van der Waals surface area contributed by atoms with E-state index < -0.39 is 5.97 Å². The molecule has 0 aliphatic rings. The van der Waals surface area contributed by atoms with Gasteiger partial charge < -0.3 is 9.47 Å². The van der Waals surface area contributed by atoms with Gasteiger partial charge >= 0.3 is 5.97 Å². The summed E-state index contributed by atoms with van der Waals surface area (Å²) in [4.78, 5) is 36.5. The molecule has 0 heterocycles. The topological polar surface area (TPSA) is 69.7 Å². The van der Waals surface area contributed by atoms with Gasteiger partial charge in [0, 0.05) is 24.0 Å². The van der Waals surface area contributed by atoms with Gasteiger partial charge in [-0.1, -0.05) is 30.3 Å². The van der Waals surface area contributed by atoms with Crippen LogP contribution in [0, 0.1) is 6.92 Å². The van der Waals surface area contributed by atoms with Crippen molar-refractivity contribution in [3.63, 3.8) is 0 Å². The molecule has 0 aliphatic carbocycles. The van der Waals surface area contributed by atoms with E-state index in [1.54, 1.807) is 37.4 Å². The number of methoxy groups -OCH3 is 2. The normalized spacial score (nSPS) is 10.6. The maximum absolute atomic E-state index is 12.6. The Kier molecular flexibility index (Phi) is 6.07. The standard InChI is InChI=1S/C24H22O5/c1-15-20-14-19(9-4-16(20)10-13-23(15)28-2)22(26)12-11-21(25)17-5-7-18(8-6-17)24(27)29-3/h4-10,13-14H,11-12H2,1-3H3. The van der Waals surface area contributed by atoms with E-state index in [2.05, 4.69) is 4.74 Å². The maximum atomic E-state index is 12.6. The van der Waals surface area contributed by atoms with Crippen molar-refractivity contribution >= 4 is 28.3 Å². The molecule has 5 nitrogen and oxygen atoms in total.